The lowest BCUT2D eigenvalue weighted by molar-refractivity contribution is 0.100. The van der Waals surface area contributed by atoms with E-state index in [0.29, 0.717) is 28.0 Å². The van der Waals surface area contributed by atoms with Gasteiger partial charge in [0.05, 0.1) is 15.6 Å². The molecule has 0 aliphatic carbocycles. The van der Waals surface area contributed by atoms with Gasteiger partial charge in [-0.1, -0.05) is 44.0 Å². The normalized spacial score (nSPS) is 12.0. The molecule has 0 saturated heterocycles. The molecule has 0 aliphatic heterocycles. The zero-order valence-corrected chi connectivity index (χ0v) is 16.8. The quantitative estimate of drug-likeness (QED) is 0.579. The summed E-state index contributed by atoms with van der Waals surface area (Å²) in [6.07, 6.45) is 2.86. The van der Waals surface area contributed by atoms with Crippen molar-refractivity contribution in [1.82, 2.24) is 9.97 Å². The van der Waals surface area contributed by atoms with Crippen LogP contribution in [-0.2, 0) is 0 Å². The van der Waals surface area contributed by atoms with Crippen molar-refractivity contribution in [3.8, 4) is 0 Å². The number of carbonyl (C=O) groups is 1. The van der Waals surface area contributed by atoms with Gasteiger partial charge in [-0.25, -0.2) is 9.97 Å². The second-order valence-corrected chi connectivity index (χ2v) is 6.09. The molecule has 0 saturated carbocycles. The summed E-state index contributed by atoms with van der Waals surface area (Å²) in [5, 5.41) is 4.13. The molecule has 1 aromatic carbocycles. The number of nitrogens with two attached hydrogens (primary N) is 1. The second-order valence-electron chi connectivity index (χ2n) is 5.27. The summed E-state index contributed by atoms with van der Waals surface area (Å²) in [6.45, 7) is 8.09. The number of aromatic nitrogens is 2. The van der Waals surface area contributed by atoms with Crippen LogP contribution in [0.4, 0.5) is 5.69 Å². The van der Waals surface area contributed by atoms with Crippen LogP contribution in [0.5, 0.6) is 0 Å². The smallest absolute Gasteiger partial charge is 0.281 e. The number of amidine groups is 1. The zero-order chi connectivity index (χ0) is 19.7. The van der Waals surface area contributed by atoms with E-state index in [1.54, 1.807) is 19.1 Å². The van der Waals surface area contributed by atoms with Gasteiger partial charge in [0.2, 0.25) is 0 Å². The summed E-state index contributed by atoms with van der Waals surface area (Å²) in [4.78, 5) is 23.9. The maximum Gasteiger partial charge on any atom is 0.281 e. The first kappa shape index (κ1) is 21.9. The van der Waals surface area contributed by atoms with Gasteiger partial charge in [-0.05, 0) is 25.1 Å². The van der Waals surface area contributed by atoms with Gasteiger partial charge in [0.15, 0.2) is 0 Å². The Morgan fingerprint density at radius 2 is 1.85 bits per heavy atom. The van der Waals surface area contributed by atoms with Crippen LogP contribution >= 0.6 is 23.2 Å². The van der Waals surface area contributed by atoms with E-state index in [1.807, 2.05) is 26.8 Å². The van der Waals surface area contributed by atoms with E-state index >= 15 is 0 Å². The number of hydrogen-bond acceptors (Lipinski definition) is 4. The fourth-order valence-corrected chi connectivity index (χ4v) is 2.07. The summed E-state index contributed by atoms with van der Waals surface area (Å²) >= 11 is 11.8. The molecule has 0 radical (unpaired) electrons. The van der Waals surface area contributed by atoms with Crippen molar-refractivity contribution in [1.29, 1.82) is 0 Å². The predicted octanol–water partition coefficient (Wildman–Crippen LogP) is 4.36. The molecule has 6 nitrogen and oxygen atoms in total. The van der Waals surface area contributed by atoms with Gasteiger partial charge in [0.25, 0.3) is 5.91 Å². The molecular weight excluding hydrogens is 373 g/mol. The maximum atomic E-state index is 12.0. The Hall–Kier alpha value is -2.18. The highest BCUT2D eigenvalue weighted by molar-refractivity contribution is 6.42. The molecular formula is C18H23Cl2N5O. The van der Waals surface area contributed by atoms with Crippen LogP contribution in [0.3, 0.4) is 0 Å². The van der Waals surface area contributed by atoms with E-state index in [-0.39, 0.29) is 11.8 Å². The number of anilines is 1. The van der Waals surface area contributed by atoms with Crippen molar-refractivity contribution in [2.45, 2.75) is 27.7 Å². The minimum absolute atomic E-state index is 0.158. The molecule has 26 heavy (non-hydrogen) atoms. The minimum Gasteiger partial charge on any atom is -0.387 e. The van der Waals surface area contributed by atoms with Crippen molar-refractivity contribution >= 4 is 40.6 Å². The van der Waals surface area contributed by atoms with Crippen LogP contribution in [0.2, 0.25) is 10.0 Å². The summed E-state index contributed by atoms with van der Waals surface area (Å²) in [7, 11) is 0. The first-order valence-electron chi connectivity index (χ1n) is 8.22. The molecule has 1 amide bonds. The van der Waals surface area contributed by atoms with Gasteiger partial charge in [0, 0.05) is 30.5 Å². The van der Waals surface area contributed by atoms with Gasteiger partial charge in [-0.2, -0.15) is 4.99 Å². The highest BCUT2D eigenvalue weighted by Crippen LogP contribution is 2.25. The largest absolute Gasteiger partial charge is 0.387 e. The first-order valence-corrected chi connectivity index (χ1v) is 8.98. The van der Waals surface area contributed by atoms with E-state index in [0.717, 1.165) is 5.69 Å². The van der Waals surface area contributed by atoms with E-state index < -0.39 is 5.91 Å². The molecule has 1 atom stereocenters. The lowest BCUT2D eigenvalue weighted by Gasteiger charge is -2.13. The third-order valence-electron chi connectivity index (χ3n) is 3.30. The van der Waals surface area contributed by atoms with Crippen LogP contribution in [0.1, 0.15) is 37.0 Å². The molecule has 0 fully saturated rings. The number of benzene rings is 1. The fourth-order valence-electron chi connectivity index (χ4n) is 1.78. The monoisotopic (exact) mass is 395 g/mol. The van der Waals surface area contributed by atoms with Crippen molar-refractivity contribution in [3.05, 3.63) is 52.0 Å². The molecule has 0 spiro atoms. The number of aliphatic imine (C=N–C) groups is 1. The Morgan fingerprint density at radius 1 is 1.23 bits per heavy atom. The van der Waals surface area contributed by atoms with Crippen molar-refractivity contribution in [3.63, 3.8) is 0 Å². The summed E-state index contributed by atoms with van der Waals surface area (Å²) in [6, 6.07) is 5.23. The minimum atomic E-state index is -0.464. The number of nitrogens with one attached hydrogen (secondary N) is 1. The second kappa shape index (κ2) is 10.7. The number of aryl methyl sites for hydroxylation is 1. The Kier molecular flexibility index (Phi) is 9.02. The van der Waals surface area contributed by atoms with Crippen molar-refractivity contribution < 1.29 is 4.79 Å². The SMILES string of the molecule is CC.Cc1ncc(C(=O)N=C(N)C(C)CNc2ccc(Cl)c(Cl)c2)cn1. The Bertz CT molecular complexity index is 763. The molecule has 3 N–H and O–H groups in total. The van der Waals surface area contributed by atoms with Gasteiger partial charge in [-0.3, -0.25) is 4.79 Å². The lowest BCUT2D eigenvalue weighted by atomic mass is 10.1. The van der Waals surface area contributed by atoms with Crippen LogP contribution in [0.25, 0.3) is 0 Å². The molecule has 8 heteroatoms. The van der Waals surface area contributed by atoms with Crippen LogP contribution in [0.15, 0.2) is 35.6 Å². The van der Waals surface area contributed by atoms with Crippen molar-refractivity contribution in [2.75, 3.05) is 11.9 Å². The standard InChI is InChI=1S/C16H17Cl2N5O.C2H6/c1-9(6-22-12-3-4-13(17)14(18)5-12)15(19)23-16(24)11-7-20-10(2)21-8-11;1-2/h3-5,7-9,22H,6H2,1-2H3,(H2,19,23,24);1-2H3. The van der Waals surface area contributed by atoms with Crippen LogP contribution in [-0.4, -0.2) is 28.3 Å². The Labute approximate surface area is 163 Å². The summed E-state index contributed by atoms with van der Waals surface area (Å²) in [5.41, 5.74) is 7.01. The Balaban J connectivity index is 0.00000163. The first-order chi connectivity index (χ1) is 12.4. The molecule has 1 aromatic heterocycles. The zero-order valence-electron chi connectivity index (χ0n) is 15.3. The fraction of sp³-hybridized carbons (Fsp3) is 0.333. The molecule has 140 valence electrons. The molecule has 2 aromatic rings. The summed E-state index contributed by atoms with van der Waals surface area (Å²) < 4.78 is 0. The summed E-state index contributed by atoms with van der Waals surface area (Å²) in [5.74, 6) is 0.194. The molecule has 2 rings (SSSR count). The highest BCUT2D eigenvalue weighted by Gasteiger charge is 2.11. The third-order valence-corrected chi connectivity index (χ3v) is 4.03. The van der Waals surface area contributed by atoms with Crippen LogP contribution < -0.4 is 11.1 Å². The van der Waals surface area contributed by atoms with E-state index in [2.05, 4.69) is 20.3 Å². The highest BCUT2D eigenvalue weighted by atomic mass is 35.5. The van der Waals surface area contributed by atoms with E-state index in [9.17, 15) is 4.79 Å². The topological polar surface area (TPSA) is 93.3 Å². The van der Waals surface area contributed by atoms with Crippen molar-refractivity contribution in [2.24, 2.45) is 16.6 Å². The average Bonchev–Trinajstić information content (AvgIpc) is 2.64. The number of halogens is 2. The maximum absolute atomic E-state index is 12.0. The van der Waals surface area contributed by atoms with Gasteiger partial charge in [0.1, 0.15) is 11.7 Å². The van der Waals surface area contributed by atoms with Crippen LogP contribution in [0, 0.1) is 12.8 Å². The predicted molar refractivity (Wildman–Crippen MR) is 108 cm³/mol. The number of hydrogen-bond donors (Lipinski definition) is 2. The van der Waals surface area contributed by atoms with Gasteiger partial charge in [-0.15, -0.1) is 0 Å². The third kappa shape index (κ3) is 6.61. The number of carbonyl (C=O) groups excluding carboxylic acids is 1. The van der Waals surface area contributed by atoms with E-state index in [1.165, 1.54) is 12.4 Å². The number of nitrogens with zero attached hydrogens (tertiary/aromatic N) is 3. The Morgan fingerprint density at radius 3 is 2.42 bits per heavy atom. The van der Waals surface area contributed by atoms with Gasteiger partial charge >= 0.3 is 0 Å². The van der Waals surface area contributed by atoms with E-state index in [4.69, 9.17) is 28.9 Å². The number of amides is 1. The molecule has 0 bridgehead atoms. The number of rotatable bonds is 5. The molecule has 1 unspecified atom stereocenters. The average molecular weight is 396 g/mol. The molecule has 1 heterocycles. The molecule has 0 aliphatic rings. The van der Waals surface area contributed by atoms with Gasteiger partial charge < -0.3 is 11.1 Å². The lowest BCUT2D eigenvalue weighted by Crippen LogP contribution is -2.28.